The number of thioether (sulfide) groups is 1. The second-order valence-corrected chi connectivity index (χ2v) is 6.84. The van der Waals surface area contributed by atoms with Gasteiger partial charge in [0.2, 0.25) is 0 Å². The minimum Gasteiger partial charge on any atom is -0.393 e. The molecule has 0 radical (unpaired) electrons. The zero-order valence-corrected chi connectivity index (χ0v) is 16.1. The first-order valence-corrected chi connectivity index (χ1v) is 9.90. The van der Waals surface area contributed by atoms with E-state index in [1.54, 1.807) is 0 Å². The Morgan fingerprint density at radius 3 is 1.95 bits per heavy atom. The molecule has 0 fully saturated rings. The summed E-state index contributed by atoms with van der Waals surface area (Å²) in [7, 11) is 0. The van der Waals surface area contributed by atoms with Crippen molar-refractivity contribution in [2.75, 3.05) is 38.0 Å². The predicted molar refractivity (Wildman–Crippen MR) is 96.6 cm³/mol. The van der Waals surface area contributed by atoms with Crippen molar-refractivity contribution in [1.82, 2.24) is 5.32 Å². The lowest BCUT2D eigenvalue weighted by Crippen LogP contribution is -2.38. The first-order chi connectivity index (χ1) is 10.6. The first kappa shape index (κ1) is 22.2. The van der Waals surface area contributed by atoms with Gasteiger partial charge in [-0.3, -0.25) is 5.32 Å². The number of nitrogens with one attached hydrogen (secondary N) is 1. The van der Waals surface area contributed by atoms with Gasteiger partial charge in [-0.25, -0.2) is 0 Å². The van der Waals surface area contributed by atoms with Gasteiger partial charge in [-0.2, -0.15) is 11.8 Å². The molecule has 0 saturated carbocycles. The van der Waals surface area contributed by atoms with Gasteiger partial charge in [-0.05, 0) is 32.2 Å². The van der Waals surface area contributed by atoms with Crippen LogP contribution < -0.4 is 5.32 Å². The molecule has 0 aliphatic rings. The number of aliphatic hydroxyl groups is 1. The third kappa shape index (κ3) is 7.64. The monoisotopic (exact) mass is 335 g/mol. The van der Waals surface area contributed by atoms with Crippen LogP contribution in [0.15, 0.2) is 0 Å². The van der Waals surface area contributed by atoms with Gasteiger partial charge in [0.05, 0.1) is 31.1 Å². The highest BCUT2D eigenvalue weighted by atomic mass is 32.2. The average Bonchev–Trinajstić information content (AvgIpc) is 2.57. The first-order valence-electron chi connectivity index (χ1n) is 8.74. The Bertz CT molecular complexity index is 248. The van der Waals surface area contributed by atoms with E-state index in [0.29, 0.717) is 13.3 Å². The second kappa shape index (κ2) is 12.6. The molecule has 0 amide bonds. The van der Waals surface area contributed by atoms with Crippen LogP contribution in [0.4, 0.5) is 0 Å². The van der Waals surface area contributed by atoms with Gasteiger partial charge in [0.15, 0.2) is 0 Å². The van der Waals surface area contributed by atoms with E-state index in [4.69, 9.17) is 9.47 Å². The SMILES string of the molecule is CCNCOC(CC)(CC)CSCCOC(CC)(CC)CO. The van der Waals surface area contributed by atoms with E-state index in [9.17, 15) is 5.11 Å². The molecule has 0 aromatic carbocycles. The molecule has 4 nitrogen and oxygen atoms in total. The molecule has 2 N–H and O–H groups in total. The summed E-state index contributed by atoms with van der Waals surface area (Å²) in [6.45, 7) is 12.9. The third-order valence-corrected chi connectivity index (χ3v) is 5.78. The minimum absolute atomic E-state index is 0.0452. The fraction of sp³-hybridized carbons (Fsp3) is 1.00. The van der Waals surface area contributed by atoms with Crippen LogP contribution in [0.25, 0.3) is 0 Å². The number of ether oxygens (including phenoxy) is 2. The topological polar surface area (TPSA) is 50.7 Å². The summed E-state index contributed by atoms with van der Waals surface area (Å²) < 4.78 is 12.0. The molecule has 0 aliphatic carbocycles. The lowest BCUT2D eigenvalue weighted by atomic mass is 9.98. The van der Waals surface area contributed by atoms with Crippen LogP contribution in [0.5, 0.6) is 0 Å². The van der Waals surface area contributed by atoms with Crippen LogP contribution in [0, 0.1) is 0 Å². The molecule has 0 heterocycles. The summed E-state index contributed by atoms with van der Waals surface area (Å²) in [4.78, 5) is 0. The Kier molecular flexibility index (Phi) is 12.7. The fourth-order valence-corrected chi connectivity index (χ4v) is 3.51. The Balaban J connectivity index is 4.12. The molecule has 0 unspecified atom stereocenters. The van der Waals surface area contributed by atoms with Gasteiger partial charge in [-0.15, -0.1) is 0 Å². The maximum atomic E-state index is 9.50. The van der Waals surface area contributed by atoms with Crippen molar-refractivity contribution in [3.05, 3.63) is 0 Å². The number of hydrogen-bond donors (Lipinski definition) is 2. The third-order valence-electron chi connectivity index (χ3n) is 4.60. The number of rotatable bonds is 15. The van der Waals surface area contributed by atoms with Gasteiger partial charge in [0.1, 0.15) is 0 Å². The van der Waals surface area contributed by atoms with E-state index in [1.807, 2.05) is 11.8 Å². The normalized spacial score (nSPS) is 12.8. The van der Waals surface area contributed by atoms with E-state index in [2.05, 4.69) is 39.9 Å². The Morgan fingerprint density at radius 2 is 1.50 bits per heavy atom. The largest absolute Gasteiger partial charge is 0.393 e. The fourth-order valence-electron chi connectivity index (χ4n) is 2.30. The van der Waals surface area contributed by atoms with Gasteiger partial charge in [0, 0.05) is 11.5 Å². The van der Waals surface area contributed by atoms with E-state index >= 15 is 0 Å². The molecular formula is C17H37NO3S. The highest BCUT2D eigenvalue weighted by molar-refractivity contribution is 7.99. The van der Waals surface area contributed by atoms with E-state index in [-0.39, 0.29) is 17.8 Å². The smallest absolute Gasteiger partial charge is 0.0973 e. The number of hydrogen-bond acceptors (Lipinski definition) is 5. The molecule has 5 heteroatoms. The van der Waals surface area contributed by atoms with E-state index in [1.165, 1.54) is 0 Å². The summed E-state index contributed by atoms with van der Waals surface area (Å²) >= 11 is 1.88. The van der Waals surface area contributed by atoms with Crippen LogP contribution in [0.1, 0.15) is 60.3 Å². The van der Waals surface area contributed by atoms with E-state index < -0.39 is 0 Å². The Labute approximate surface area is 141 Å². The van der Waals surface area contributed by atoms with Crippen molar-refractivity contribution in [2.45, 2.75) is 71.5 Å². The van der Waals surface area contributed by atoms with Crippen molar-refractivity contribution in [2.24, 2.45) is 0 Å². The Hall–Kier alpha value is 0.190. The average molecular weight is 336 g/mol. The molecule has 0 aliphatic heterocycles. The molecule has 0 saturated heterocycles. The summed E-state index contributed by atoms with van der Waals surface area (Å²) in [5.74, 6) is 1.92. The van der Waals surface area contributed by atoms with Gasteiger partial charge >= 0.3 is 0 Å². The van der Waals surface area contributed by atoms with Crippen LogP contribution in [0.3, 0.4) is 0 Å². The molecule has 0 aromatic rings. The lowest BCUT2D eigenvalue weighted by molar-refractivity contribution is -0.0784. The van der Waals surface area contributed by atoms with Crippen molar-refractivity contribution >= 4 is 11.8 Å². The highest BCUT2D eigenvalue weighted by Gasteiger charge is 2.28. The van der Waals surface area contributed by atoms with Crippen molar-refractivity contribution in [1.29, 1.82) is 0 Å². The highest BCUT2D eigenvalue weighted by Crippen LogP contribution is 2.26. The summed E-state index contributed by atoms with van der Waals surface area (Å²) in [5, 5.41) is 12.7. The summed E-state index contributed by atoms with van der Waals surface area (Å²) in [6.07, 6.45) is 3.75. The van der Waals surface area contributed by atoms with E-state index in [0.717, 1.165) is 43.7 Å². The minimum atomic E-state index is -0.352. The van der Waals surface area contributed by atoms with Gasteiger partial charge in [-0.1, -0.05) is 34.6 Å². The molecule has 134 valence electrons. The van der Waals surface area contributed by atoms with Crippen molar-refractivity contribution in [3.8, 4) is 0 Å². The predicted octanol–water partition coefficient (Wildman–Crippen LogP) is 3.43. The molecular weight excluding hydrogens is 298 g/mol. The summed E-state index contributed by atoms with van der Waals surface area (Å²) in [5.41, 5.74) is -0.398. The molecule has 0 spiro atoms. The molecule has 0 atom stereocenters. The van der Waals surface area contributed by atoms with Crippen molar-refractivity contribution < 1.29 is 14.6 Å². The molecule has 0 bridgehead atoms. The standard InChI is InChI=1S/C17H37NO3S/c1-6-16(7-2,13-19)20-11-12-22-14-17(8-3,9-4)21-15-18-10-5/h18-19H,6-15H2,1-5H3. The van der Waals surface area contributed by atoms with Gasteiger partial charge < -0.3 is 14.6 Å². The summed E-state index contributed by atoms with van der Waals surface area (Å²) in [6, 6.07) is 0. The zero-order valence-electron chi connectivity index (χ0n) is 15.2. The maximum absolute atomic E-state index is 9.50. The van der Waals surface area contributed by atoms with Gasteiger partial charge in [0.25, 0.3) is 0 Å². The lowest BCUT2D eigenvalue weighted by Gasteiger charge is -2.32. The maximum Gasteiger partial charge on any atom is 0.0973 e. The van der Waals surface area contributed by atoms with Crippen LogP contribution >= 0.6 is 11.8 Å². The number of aliphatic hydroxyl groups excluding tert-OH is 1. The Morgan fingerprint density at radius 1 is 0.909 bits per heavy atom. The molecule has 22 heavy (non-hydrogen) atoms. The van der Waals surface area contributed by atoms with Crippen LogP contribution in [-0.4, -0.2) is 54.3 Å². The molecule has 0 rings (SSSR count). The molecule has 0 aromatic heterocycles. The van der Waals surface area contributed by atoms with Crippen LogP contribution in [-0.2, 0) is 9.47 Å². The second-order valence-electron chi connectivity index (χ2n) is 5.73. The van der Waals surface area contributed by atoms with Crippen molar-refractivity contribution in [3.63, 3.8) is 0 Å². The quantitative estimate of drug-likeness (QED) is 0.355. The zero-order chi connectivity index (χ0) is 16.9. The van der Waals surface area contributed by atoms with Crippen LogP contribution in [0.2, 0.25) is 0 Å².